The number of para-hydroxylation sites is 1. The van der Waals surface area contributed by atoms with Crippen molar-refractivity contribution in [3.05, 3.63) is 36.0 Å². The Labute approximate surface area is 235 Å². The molecule has 1 fully saturated rings. The summed E-state index contributed by atoms with van der Waals surface area (Å²) in [7, 11) is 0. The molecule has 1 aliphatic rings. The number of carbonyl (C=O) groups is 5. The van der Waals surface area contributed by atoms with Crippen molar-refractivity contribution in [3.8, 4) is 0 Å². The molecule has 41 heavy (non-hydrogen) atoms. The predicted molar refractivity (Wildman–Crippen MR) is 148 cm³/mol. The summed E-state index contributed by atoms with van der Waals surface area (Å²) in [6, 6.07) is 2.43. The van der Waals surface area contributed by atoms with Crippen LogP contribution in [0.4, 0.5) is 0 Å². The third kappa shape index (κ3) is 8.41. The molecule has 15 heteroatoms. The second-order valence-corrected chi connectivity index (χ2v) is 9.87. The number of carbonyl (C=O) groups excluding carboxylic acids is 3. The number of hydrogen-bond donors (Lipinski definition) is 8. The van der Waals surface area contributed by atoms with E-state index in [1.807, 2.05) is 24.3 Å². The van der Waals surface area contributed by atoms with E-state index in [0.29, 0.717) is 18.4 Å². The van der Waals surface area contributed by atoms with Crippen molar-refractivity contribution in [2.24, 2.45) is 22.2 Å². The fraction of sp³-hybridized carbons (Fsp3) is 0.462. The van der Waals surface area contributed by atoms with Crippen LogP contribution in [-0.2, 0) is 30.4 Å². The first-order valence-electron chi connectivity index (χ1n) is 13.2. The average molecular weight is 573 g/mol. The lowest BCUT2D eigenvalue weighted by Crippen LogP contribution is -2.58. The number of nitrogens with one attached hydrogen (secondary N) is 3. The molecular formula is C26H36N8O7. The third-order valence-corrected chi connectivity index (χ3v) is 6.85. The quantitative estimate of drug-likeness (QED) is 0.0746. The molecule has 1 aromatic carbocycles. The number of aliphatic imine (C=N–C) groups is 1. The maximum absolute atomic E-state index is 13.6. The molecule has 0 saturated carbocycles. The van der Waals surface area contributed by atoms with E-state index in [-0.39, 0.29) is 38.3 Å². The number of benzene rings is 1. The highest BCUT2D eigenvalue weighted by molar-refractivity contribution is 5.96. The lowest BCUT2D eigenvalue weighted by molar-refractivity contribution is -0.149. The zero-order valence-corrected chi connectivity index (χ0v) is 22.4. The van der Waals surface area contributed by atoms with Crippen LogP contribution in [0.25, 0.3) is 10.9 Å². The number of aromatic amines is 1. The number of aliphatic carboxylic acids is 2. The van der Waals surface area contributed by atoms with Crippen LogP contribution < -0.4 is 27.8 Å². The number of likely N-dealkylation sites (tertiary alicyclic amines) is 1. The molecule has 2 heterocycles. The largest absolute Gasteiger partial charge is 0.481 e. The van der Waals surface area contributed by atoms with Crippen LogP contribution in [0.2, 0.25) is 0 Å². The lowest BCUT2D eigenvalue weighted by atomic mass is 10.0. The summed E-state index contributed by atoms with van der Waals surface area (Å²) in [6.07, 6.45) is 2.20. The first-order chi connectivity index (χ1) is 19.5. The molecule has 2 aromatic rings. The highest BCUT2D eigenvalue weighted by Gasteiger charge is 2.39. The highest BCUT2D eigenvalue weighted by atomic mass is 16.4. The SMILES string of the molecule is NC(N)=NCCCC(N)C(=O)NC(CC(=O)O)C(=O)NC(Cc1c[nH]c2ccccc12)C(=O)N1CCCC1C(=O)O. The van der Waals surface area contributed by atoms with Crippen molar-refractivity contribution in [2.45, 2.75) is 62.7 Å². The van der Waals surface area contributed by atoms with E-state index in [4.69, 9.17) is 17.2 Å². The van der Waals surface area contributed by atoms with Crippen molar-refractivity contribution in [2.75, 3.05) is 13.1 Å². The summed E-state index contributed by atoms with van der Waals surface area (Å²) in [5.74, 6) is -4.93. The van der Waals surface area contributed by atoms with Crippen molar-refractivity contribution < 1.29 is 34.2 Å². The molecule has 1 saturated heterocycles. The van der Waals surface area contributed by atoms with Gasteiger partial charge in [-0.05, 0) is 37.3 Å². The molecule has 0 bridgehead atoms. The molecule has 0 spiro atoms. The number of rotatable bonds is 14. The summed E-state index contributed by atoms with van der Waals surface area (Å²) < 4.78 is 0. The Morgan fingerprint density at radius 1 is 1.07 bits per heavy atom. The summed E-state index contributed by atoms with van der Waals surface area (Å²) >= 11 is 0. The van der Waals surface area contributed by atoms with Gasteiger partial charge < -0.3 is 47.9 Å². The van der Waals surface area contributed by atoms with Gasteiger partial charge in [-0.25, -0.2) is 4.79 Å². The molecule has 11 N–H and O–H groups in total. The van der Waals surface area contributed by atoms with Crippen LogP contribution in [0.5, 0.6) is 0 Å². The van der Waals surface area contributed by atoms with E-state index in [0.717, 1.165) is 10.9 Å². The molecular weight excluding hydrogens is 536 g/mol. The minimum Gasteiger partial charge on any atom is -0.481 e. The van der Waals surface area contributed by atoms with E-state index in [2.05, 4.69) is 20.6 Å². The Balaban J connectivity index is 1.80. The first kappa shape index (κ1) is 30.9. The molecule has 1 aromatic heterocycles. The number of nitrogens with zero attached hydrogens (tertiary/aromatic N) is 2. The van der Waals surface area contributed by atoms with Crippen LogP contribution in [0, 0.1) is 0 Å². The Bertz CT molecular complexity index is 1310. The van der Waals surface area contributed by atoms with Gasteiger partial charge in [-0.3, -0.25) is 24.2 Å². The van der Waals surface area contributed by atoms with Crippen LogP contribution in [0.1, 0.15) is 37.7 Å². The minimum atomic E-state index is -1.55. The van der Waals surface area contributed by atoms with Crippen molar-refractivity contribution in [1.29, 1.82) is 0 Å². The van der Waals surface area contributed by atoms with E-state index in [9.17, 15) is 34.2 Å². The zero-order valence-electron chi connectivity index (χ0n) is 22.4. The zero-order chi connectivity index (χ0) is 30.1. The topological polar surface area (TPSA) is 259 Å². The monoisotopic (exact) mass is 572 g/mol. The van der Waals surface area contributed by atoms with E-state index >= 15 is 0 Å². The third-order valence-electron chi connectivity index (χ3n) is 6.85. The Morgan fingerprint density at radius 2 is 1.78 bits per heavy atom. The average Bonchev–Trinajstić information content (AvgIpc) is 3.57. The van der Waals surface area contributed by atoms with Gasteiger partial charge in [0.25, 0.3) is 0 Å². The standard InChI is InChI=1S/C26H36N8O7/c27-16(6-3-9-30-26(28)29)22(37)32-18(12-21(35)36)23(38)33-19(24(39)34-10-4-8-20(34)25(40)41)11-14-13-31-17-7-2-1-5-15(14)17/h1-2,5,7,13,16,18-20,31H,3-4,6,8-12,27H2,(H,32,37)(H,33,38)(H,35,36)(H,40,41)(H4,28,29,30). The minimum absolute atomic E-state index is 0.00449. The Hall–Kier alpha value is -4.66. The molecule has 3 rings (SSSR count). The normalized spacial score (nSPS) is 16.9. The number of nitrogens with two attached hydrogens (primary N) is 3. The van der Waals surface area contributed by atoms with E-state index in [1.54, 1.807) is 6.20 Å². The molecule has 0 radical (unpaired) electrons. The maximum Gasteiger partial charge on any atom is 0.326 e. The summed E-state index contributed by atoms with van der Waals surface area (Å²) in [5, 5.41) is 24.7. The first-order valence-corrected chi connectivity index (χ1v) is 13.2. The molecule has 1 aliphatic heterocycles. The molecule has 222 valence electrons. The van der Waals surface area contributed by atoms with Crippen LogP contribution in [0.15, 0.2) is 35.5 Å². The summed E-state index contributed by atoms with van der Waals surface area (Å²) in [4.78, 5) is 71.0. The fourth-order valence-electron chi connectivity index (χ4n) is 4.79. The van der Waals surface area contributed by atoms with E-state index < -0.39 is 60.2 Å². The van der Waals surface area contributed by atoms with Crippen molar-refractivity contribution >= 4 is 46.5 Å². The van der Waals surface area contributed by atoms with Crippen LogP contribution in [0.3, 0.4) is 0 Å². The van der Waals surface area contributed by atoms with Gasteiger partial charge in [0.1, 0.15) is 18.1 Å². The molecule has 4 atom stereocenters. The summed E-state index contributed by atoms with van der Waals surface area (Å²) in [5.41, 5.74) is 17.9. The second-order valence-electron chi connectivity index (χ2n) is 9.87. The second kappa shape index (κ2) is 14.1. The van der Waals surface area contributed by atoms with Crippen molar-refractivity contribution in [3.63, 3.8) is 0 Å². The molecule has 4 unspecified atom stereocenters. The fourth-order valence-corrected chi connectivity index (χ4v) is 4.79. The Kier molecular flexibility index (Phi) is 10.6. The van der Waals surface area contributed by atoms with Crippen LogP contribution >= 0.6 is 0 Å². The van der Waals surface area contributed by atoms with Gasteiger partial charge in [0, 0.05) is 36.6 Å². The van der Waals surface area contributed by atoms with Gasteiger partial charge in [-0.2, -0.15) is 0 Å². The van der Waals surface area contributed by atoms with Gasteiger partial charge in [0.05, 0.1) is 12.5 Å². The number of H-pyrrole nitrogens is 1. The van der Waals surface area contributed by atoms with Gasteiger partial charge in [-0.1, -0.05) is 18.2 Å². The van der Waals surface area contributed by atoms with Crippen LogP contribution in [-0.4, -0.2) is 93.0 Å². The van der Waals surface area contributed by atoms with Gasteiger partial charge in [-0.15, -0.1) is 0 Å². The summed E-state index contributed by atoms with van der Waals surface area (Å²) in [6.45, 7) is 0.424. The number of fused-ring (bicyclic) bond motifs is 1. The number of carboxylic acid groups (broad SMARTS) is 2. The molecule has 15 nitrogen and oxygen atoms in total. The predicted octanol–water partition coefficient (Wildman–Crippen LogP) is -1.39. The number of hydrogen-bond acceptors (Lipinski definition) is 7. The number of carboxylic acids is 2. The smallest absolute Gasteiger partial charge is 0.326 e. The number of aromatic nitrogens is 1. The van der Waals surface area contributed by atoms with Gasteiger partial charge in [0.15, 0.2) is 5.96 Å². The number of amides is 3. The number of guanidine groups is 1. The molecule has 3 amide bonds. The van der Waals surface area contributed by atoms with Crippen molar-refractivity contribution in [1.82, 2.24) is 20.5 Å². The lowest BCUT2D eigenvalue weighted by Gasteiger charge is -2.28. The Morgan fingerprint density at radius 3 is 2.46 bits per heavy atom. The maximum atomic E-state index is 13.6. The molecule has 0 aliphatic carbocycles. The van der Waals surface area contributed by atoms with E-state index in [1.165, 1.54) is 4.90 Å². The highest BCUT2D eigenvalue weighted by Crippen LogP contribution is 2.23. The van der Waals surface area contributed by atoms with Gasteiger partial charge in [0.2, 0.25) is 17.7 Å². The van der Waals surface area contributed by atoms with Gasteiger partial charge >= 0.3 is 11.9 Å².